The van der Waals surface area contributed by atoms with Crippen LogP contribution in [-0.4, -0.2) is 13.4 Å². The molecule has 148 valence electrons. The van der Waals surface area contributed by atoms with Crippen LogP contribution in [0.25, 0.3) is 0 Å². The Bertz CT molecular complexity index is 1080. The summed E-state index contributed by atoms with van der Waals surface area (Å²) < 4.78 is 41.7. The van der Waals surface area contributed by atoms with Gasteiger partial charge in [-0.15, -0.1) is 11.3 Å². The van der Waals surface area contributed by atoms with Gasteiger partial charge in [-0.05, 0) is 30.2 Å². The Morgan fingerprint density at radius 2 is 1.96 bits per heavy atom. The summed E-state index contributed by atoms with van der Waals surface area (Å²) >= 11 is 13.7. The molecule has 0 saturated carbocycles. The third-order valence-corrected chi connectivity index (χ3v) is 6.61. The van der Waals surface area contributed by atoms with Crippen LogP contribution in [0.4, 0.5) is 15.9 Å². The van der Waals surface area contributed by atoms with E-state index in [1.54, 1.807) is 6.07 Å². The van der Waals surface area contributed by atoms with Crippen LogP contribution in [0.3, 0.4) is 0 Å². The van der Waals surface area contributed by atoms with Gasteiger partial charge in [-0.3, -0.25) is 4.72 Å². The number of nitrogens with one attached hydrogen (secondary N) is 2. The van der Waals surface area contributed by atoms with Gasteiger partial charge in [0.25, 0.3) is 10.0 Å². The van der Waals surface area contributed by atoms with Gasteiger partial charge in [0.05, 0.1) is 22.3 Å². The summed E-state index contributed by atoms with van der Waals surface area (Å²) in [4.78, 5) is 3.28. The van der Waals surface area contributed by atoms with E-state index in [4.69, 9.17) is 23.2 Å². The molecule has 1 atom stereocenters. The quantitative estimate of drug-likeness (QED) is 0.457. The maximum atomic E-state index is 14.6. The van der Waals surface area contributed by atoms with Crippen molar-refractivity contribution in [2.75, 3.05) is 10.0 Å². The number of anilines is 2. The van der Waals surface area contributed by atoms with Crippen LogP contribution in [0.15, 0.2) is 52.2 Å². The maximum absolute atomic E-state index is 14.6. The highest BCUT2D eigenvalue weighted by Crippen LogP contribution is 2.34. The van der Waals surface area contributed by atoms with Gasteiger partial charge in [-0.2, -0.15) is 0 Å². The lowest BCUT2D eigenvalue weighted by Gasteiger charge is -2.21. The average molecular weight is 460 g/mol. The van der Waals surface area contributed by atoms with Crippen LogP contribution < -0.4 is 10.0 Å². The molecule has 2 N–H and O–H groups in total. The highest BCUT2D eigenvalue weighted by Gasteiger charge is 2.23. The minimum Gasteiger partial charge on any atom is -0.377 e. The number of sulfonamides is 1. The molecule has 0 amide bonds. The minimum atomic E-state index is -4.16. The number of nitrogens with zero attached hydrogens (tertiary/aromatic N) is 1. The smallest absolute Gasteiger partial charge is 0.266 e. The molecule has 0 aliphatic rings. The van der Waals surface area contributed by atoms with Crippen molar-refractivity contribution in [1.29, 1.82) is 0 Å². The summed E-state index contributed by atoms with van der Waals surface area (Å²) in [6, 6.07) is 9.23. The van der Waals surface area contributed by atoms with Crippen molar-refractivity contribution < 1.29 is 12.8 Å². The normalized spacial score (nSPS) is 12.6. The highest BCUT2D eigenvalue weighted by molar-refractivity contribution is 7.92. The Balaban J connectivity index is 1.90. The largest absolute Gasteiger partial charge is 0.377 e. The summed E-state index contributed by atoms with van der Waals surface area (Å²) in [5.41, 5.74) is 2.58. The number of hydrogen-bond acceptors (Lipinski definition) is 5. The molecule has 0 bridgehead atoms. The zero-order valence-corrected chi connectivity index (χ0v) is 17.8. The number of hydrogen-bond donors (Lipinski definition) is 2. The Morgan fingerprint density at radius 1 is 1.21 bits per heavy atom. The number of benzene rings is 2. The fourth-order valence-electron chi connectivity index (χ4n) is 2.65. The van der Waals surface area contributed by atoms with E-state index in [0.29, 0.717) is 11.4 Å². The number of aromatic nitrogens is 1. The zero-order valence-electron chi connectivity index (χ0n) is 14.6. The molecule has 3 rings (SSSR count). The standard InChI is InChI=1S/C18H16Cl2FN3O2S2/c1-2-15(11-5-3-4-6-12(11)19)23-16-8-14(21)17(7-13(16)20)28(25,26)24-18-9-27-10-22-18/h3-10,15,23-24H,2H2,1H3/t15-/m0/s1. The zero-order chi connectivity index (χ0) is 20.3. The number of rotatable bonds is 7. The van der Waals surface area contributed by atoms with Crippen LogP contribution in [0.1, 0.15) is 24.9 Å². The minimum absolute atomic E-state index is 0.0746. The summed E-state index contributed by atoms with van der Waals surface area (Å²) in [7, 11) is -4.16. The summed E-state index contributed by atoms with van der Waals surface area (Å²) in [6.45, 7) is 1.95. The topological polar surface area (TPSA) is 71.1 Å². The van der Waals surface area contributed by atoms with E-state index in [0.717, 1.165) is 17.7 Å². The number of thiazole rings is 1. The van der Waals surface area contributed by atoms with Crippen LogP contribution >= 0.6 is 34.5 Å². The molecule has 0 aliphatic heterocycles. The van der Waals surface area contributed by atoms with Crippen molar-refractivity contribution in [3.63, 3.8) is 0 Å². The monoisotopic (exact) mass is 459 g/mol. The maximum Gasteiger partial charge on any atom is 0.266 e. The Labute approximate surface area is 176 Å². The molecule has 0 unspecified atom stereocenters. The van der Waals surface area contributed by atoms with Crippen LogP contribution in [0, 0.1) is 5.82 Å². The van der Waals surface area contributed by atoms with Gasteiger partial charge in [0.15, 0.2) is 5.82 Å². The molecule has 3 aromatic rings. The average Bonchev–Trinajstić information content (AvgIpc) is 3.15. The lowest BCUT2D eigenvalue weighted by molar-refractivity contribution is 0.570. The third kappa shape index (κ3) is 4.57. The van der Waals surface area contributed by atoms with Gasteiger partial charge in [0.1, 0.15) is 10.7 Å². The van der Waals surface area contributed by atoms with E-state index in [-0.39, 0.29) is 22.6 Å². The van der Waals surface area contributed by atoms with Crippen molar-refractivity contribution >= 4 is 56.1 Å². The lowest BCUT2D eigenvalue weighted by atomic mass is 10.0. The first kappa shape index (κ1) is 20.9. The second-order valence-electron chi connectivity index (χ2n) is 5.87. The molecule has 0 fully saturated rings. The summed E-state index contributed by atoms with van der Waals surface area (Å²) in [5, 5.41) is 5.29. The van der Waals surface area contributed by atoms with Gasteiger partial charge >= 0.3 is 0 Å². The predicted molar refractivity (Wildman–Crippen MR) is 112 cm³/mol. The molecule has 0 radical (unpaired) electrons. The Kier molecular flexibility index (Phi) is 6.44. The van der Waals surface area contributed by atoms with Crippen LogP contribution in [0.5, 0.6) is 0 Å². The van der Waals surface area contributed by atoms with Crippen LogP contribution in [-0.2, 0) is 10.0 Å². The molecule has 1 aromatic heterocycles. The molecule has 28 heavy (non-hydrogen) atoms. The molecular formula is C18H16Cl2FN3O2S2. The van der Waals surface area contributed by atoms with E-state index in [2.05, 4.69) is 15.0 Å². The Hall–Kier alpha value is -1.87. The highest BCUT2D eigenvalue weighted by atomic mass is 35.5. The molecule has 10 heteroatoms. The van der Waals surface area contributed by atoms with Crippen molar-refractivity contribution in [3.8, 4) is 0 Å². The van der Waals surface area contributed by atoms with Gasteiger partial charge in [0, 0.05) is 10.4 Å². The second kappa shape index (κ2) is 8.65. The second-order valence-corrected chi connectivity index (χ2v) is 9.05. The predicted octanol–water partition coefficient (Wildman–Crippen LogP) is 5.95. The van der Waals surface area contributed by atoms with E-state index in [9.17, 15) is 12.8 Å². The van der Waals surface area contributed by atoms with E-state index in [1.807, 2.05) is 25.1 Å². The van der Waals surface area contributed by atoms with E-state index >= 15 is 0 Å². The van der Waals surface area contributed by atoms with Crippen molar-refractivity contribution in [2.24, 2.45) is 0 Å². The van der Waals surface area contributed by atoms with Gasteiger partial charge in [-0.25, -0.2) is 17.8 Å². The van der Waals surface area contributed by atoms with E-state index < -0.39 is 20.7 Å². The van der Waals surface area contributed by atoms with Crippen molar-refractivity contribution in [3.05, 3.63) is 68.7 Å². The first-order valence-electron chi connectivity index (χ1n) is 8.23. The summed E-state index contributed by atoms with van der Waals surface area (Å²) in [6.07, 6.45) is 0.660. The molecule has 0 aliphatic carbocycles. The van der Waals surface area contributed by atoms with Gasteiger partial charge < -0.3 is 5.32 Å². The SMILES string of the molecule is CC[C@H](Nc1cc(F)c(S(=O)(=O)Nc2cscn2)cc1Cl)c1ccccc1Cl. The lowest BCUT2D eigenvalue weighted by Crippen LogP contribution is -2.16. The molecule has 5 nitrogen and oxygen atoms in total. The fraction of sp³-hybridized carbons (Fsp3) is 0.167. The van der Waals surface area contributed by atoms with E-state index in [1.165, 1.54) is 22.2 Å². The summed E-state index contributed by atoms with van der Waals surface area (Å²) in [5.74, 6) is -0.809. The first-order valence-corrected chi connectivity index (χ1v) is 11.4. The molecule has 0 saturated heterocycles. The molecule has 2 aromatic carbocycles. The first-order chi connectivity index (χ1) is 13.3. The molecular weight excluding hydrogens is 444 g/mol. The van der Waals surface area contributed by atoms with Crippen LogP contribution in [0.2, 0.25) is 10.0 Å². The van der Waals surface area contributed by atoms with Crippen molar-refractivity contribution in [2.45, 2.75) is 24.3 Å². The third-order valence-electron chi connectivity index (χ3n) is 4.00. The molecule has 1 heterocycles. The number of halogens is 3. The fourth-order valence-corrected chi connectivity index (χ4v) is 4.84. The van der Waals surface area contributed by atoms with Gasteiger partial charge in [0.2, 0.25) is 0 Å². The van der Waals surface area contributed by atoms with Gasteiger partial charge in [-0.1, -0.05) is 48.3 Å². The Morgan fingerprint density at radius 3 is 2.61 bits per heavy atom. The molecule has 0 spiro atoms. The van der Waals surface area contributed by atoms with Crippen molar-refractivity contribution in [1.82, 2.24) is 4.98 Å².